The number of hydrogen-bond donors (Lipinski definition) is 1. The summed E-state index contributed by atoms with van der Waals surface area (Å²) in [6, 6.07) is 18.2. The van der Waals surface area contributed by atoms with Crippen LogP contribution in [0.3, 0.4) is 0 Å². The van der Waals surface area contributed by atoms with Crippen LogP contribution in [0.15, 0.2) is 54.6 Å². The lowest BCUT2D eigenvalue weighted by Gasteiger charge is -2.08. The lowest BCUT2D eigenvalue weighted by molar-refractivity contribution is 0.481. The molecule has 2 heteroatoms. The minimum atomic E-state index is 0.880. The fourth-order valence-electron chi connectivity index (χ4n) is 2.09. The van der Waals surface area contributed by atoms with Gasteiger partial charge < -0.3 is 10.1 Å². The van der Waals surface area contributed by atoms with Gasteiger partial charge in [0.25, 0.3) is 0 Å². The number of ether oxygens (including phenoxy) is 1. The van der Waals surface area contributed by atoms with Crippen molar-refractivity contribution in [1.29, 1.82) is 0 Å². The van der Waals surface area contributed by atoms with Gasteiger partial charge in [-0.3, -0.25) is 0 Å². The van der Waals surface area contributed by atoms with E-state index in [9.17, 15) is 0 Å². The van der Waals surface area contributed by atoms with E-state index < -0.39 is 0 Å². The summed E-state index contributed by atoms with van der Waals surface area (Å²) in [5.41, 5.74) is 1.27. The number of nitrogens with one attached hydrogen (secondary N) is 1. The molecule has 0 saturated heterocycles. The monoisotopic (exact) mass is 253 g/mol. The van der Waals surface area contributed by atoms with E-state index in [1.54, 1.807) is 0 Å². The molecule has 0 unspecified atom stereocenters. The Morgan fingerprint density at radius 3 is 2.53 bits per heavy atom. The van der Waals surface area contributed by atoms with Gasteiger partial charge in [-0.15, -0.1) is 0 Å². The molecule has 0 radical (unpaired) electrons. The minimum Gasteiger partial charge on any atom is -0.457 e. The molecule has 2 aromatic rings. The van der Waals surface area contributed by atoms with Gasteiger partial charge in [0.15, 0.2) is 0 Å². The fourth-order valence-corrected chi connectivity index (χ4v) is 2.09. The molecule has 1 aliphatic rings. The van der Waals surface area contributed by atoms with Crippen molar-refractivity contribution < 1.29 is 4.74 Å². The SMILES string of the molecule is c1ccc(Oc2cccc(CNCC3CC3)c2)cc1. The zero-order chi connectivity index (χ0) is 12.9. The normalized spacial score (nSPS) is 14.3. The quantitative estimate of drug-likeness (QED) is 0.840. The van der Waals surface area contributed by atoms with Crippen molar-refractivity contribution >= 4 is 0 Å². The largest absolute Gasteiger partial charge is 0.457 e. The van der Waals surface area contributed by atoms with Crippen molar-refractivity contribution in [3.8, 4) is 11.5 Å². The Hall–Kier alpha value is -1.80. The maximum atomic E-state index is 5.83. The Morgan fingerprint density at radius 1 is 0.947 bits per heavy atom. The topological polar surface area (TPSA) is 21.3 Å². The molecule has 1 N–H and O–H groups in total. The standard InChI is InChI=1S/C17H19NO/c1-2-6-16(7-3-1)19-17-8-4-5-15(11-17)13-18-12-14-9-10-14/h1-8,11,14,18H,9-10,12-13H2. The highest BCUT2D eigenvalue weighted by atomic mass is 16.5. The van der Waals surface area contributed by atoms with Gasteiger partial charge in [-0.1, -0.05) is 30.3 Å². The van der Waals surface area contributed by atoms with Crippen LogP contribution in [0.5, 0.6) is 11.5 Å². The fraction of sp³-hybridized carbons (Fsp3) is 0.294. The van der Waals surface area contributed by atoms with Crippen molar-refractivity contribution in [2.75, 3.05) is 6.54 Å². The molecule has 0 atom stereocenters. The van der Waals surface area contributed by atoms with Gasteiger partial charge in [0.05, 0.1) is 0 Å². The van der Waals surface area contributed by atoms with Crippen LogP contribution >= 0.6 is 0 Å². The lowest BCUT2D eigenvalue weighted by Crippen LogP contribution is -2.15. The van der Waals surface area contributed by atoms with Crippen molar-refractivity contribution in [1.82, 2.24) is 5.32 Å². The van der Waals surface area contributed by atoms with Crippen LogP contribution in [0.25, 0.3) is 0 Å². The van der Waals surface area contributed by atoms with Crippen LogP contribution in [-0.2, 0) is 6.54 Å². The Kier molecular flexibility index (Phi) is 3.80. The molecular weight excluding hydrogens is 234 g/mol. The Labute approximate surface area is 114 Å². The molecule has 1 saturated carbocycles. The van der Waals surface area contributed by atoms with Crippen molar-refractivity contribution in [2.24, 2.45) is 5.92 Å². The average Bonchev–Trinajstić information content (AvgIpc) is 3.25. The van der Waals surface area contributed by atoms with Gasteiger partial charge >= 0.3 is 0 Å². The van der Waals surface area contributed by atoms with E-state index in [0.717, 1.165) is 30.5 Å². The van der Waals surface area contributed by atoms with E-state index in [2.05, 4.69) is 17.4 Å². The molecule has 0 aliphatic heterocycles. The second kappa shape index (κ2) is 5.89. The molecule has 98 valence electrons. The Balaban J connectivity index is 1.58. The summed E-state index contributed by atoms with van der Waals surface area (Å²) in [5.74, 6) is 2.70. The van der Waals surface area contributed by atoms with Crippen LogP contribution in [0.4, 0.5) is 0 Å². The molecular formula is C17H19NO. The van der Waals surface area contributed by atoms with Gasteiger partial charge in [-0.25, -0.2) is 0 Å². The molecule has 0 spiro atoms. The molecule has 2 nitrogen and oxygen atoms in total. The first kappa shape index (κ1) is 12.2. The first-order valence-corrected chi connectivity index (χ1v) is 6.93. The maximum Gasteiger partial charge on any atom is 0.127 e. The van der Waals surface area contributed by atoms with Crippen molar-refractivity contribution in [2.45, 2.75) is 19.4 Å². The zero-order valence-electron chi connectivity index (χ0n) is 11.0. The van der Waals surface area contributed by atoms with Gasteiger partial charge in [0.1, 0.15) is 11.5 Å². The second-order valence-corrected chi connectivity index (χ2v) is 5.14. The molecule has 1 aliphatic carbocycles. The highest BCUT2D eigenvalue weighted by Gasteiger charge is 2.20. The summed E-state index contributed by atoms with van der Waals surface area (Å²) < 4.78 is 5.83. The third-order valence-electron chi connectivity index (χ3n) is 3.34. The van der Waals surface area contributed by atoms with Gasteiger partial charge in [0.2, 0.25) is 0 Å². The van der Waals surface area contributed by atoms with E-state index >= 15 is 0 Å². The van der Waals surface area contributed by atoms with E-state index in [1.165, 1.54) is 18.4 Å². The molecule has 0 amide bonds. The summed E-state index contributed by atoms with van der Waals surface area (Å²) in [5, 5.41) is 3.50. The Morgan fingerprint density at radius 2 is 1.74 bits per heavy atom. The highest BCUT2D eigenvalue weighted by Crippen LogP contribution is 2.27. The van der Waals surface area contributed by atoms with Crippen molar-refractivity contribution in [3.05, 3.63) is 60.2 Å². The van der Waals surface area contributed by atoms with Gasteiger partial charge in [-0.2, -0.15) is 0 Å². The molecule has 19 heavy (non-hydrogen) atoms. The molecule has 0 bridgehead atoms. The third kappa shape index (κ3) is 3.83. The van der Waals surface area contributed by atoms with E-state index in [1.807, 2.05) is 42.5 Å². The number of para-hydroxylation sites is 1. The van der Waals surface area contributed by atoms with Crippen LogP contribution in [0.2, 0.25) is 0 Å². The number of hydrogen-bond acceptors (Lipinski definition) is 2. The summed E-state index contributed by atoms with van der Waals surface area (Å²) in [6.07, 6.45) is 2.79. The first-order valence-electron chi connectivity index (χ1n) is 6.93. The third-order valence-corrected chi connectivity index (χ3v) is 3.34. The predicted molar refractivity (Wildman–Crippen MR) is 77.4 cm³/mol. The van der Waals surface area contributed by atoms with Gasteiger partial charge in [0, 0.05) is 6.54 Å². The molecule has 2 aromatic carbocycles. The first-order chi connectivity index (χ1) is 9.40. The smallest absolute Gasteiger partial charge is 0.127 e. The maximum absolute atomic E-state index is 5.83. The minimum absolute atomic E-state index is 0.880. The summed E-state index contributed by atoms with van der Waals surface area (Å²) in [6.45, 7) is 2.06. The predicted octanol–water partition coefficient (Wildman–Crippen LogP) is 3.98. The molecule has 0 aromatic heterocycles. The zero-order valence-corrected chi connectivity index (χ0v) is 11.0. The highest BCUT2D eigenvalue weighted by molar-refractivity contribution is 5.33. The van der Waals surface area contributed by atoms with E-state index in [4.69, 9.17) is 4.74 Å². The summed E-state index contributed by atoms with van der Waals surface area (Å²) >= 11 is 0. The van der Waals surface area contributed by atoms with Gasteiger partial charge in [-0.05, 0) is 55.1 Å². The lowest BCUT2D eigenvalue weighted by atomic mass is 10.2. The second-order valence-electron chi connectivity index (χ2n) is 5.14. The number of benzene rings is 2. The molecule has 3 rings (SSSR count). The van der Waals surface area contributed by atoms with Crippen LogP contribution in [0, 0.1) is 5.92 Å². The molecule has 0 heterocycles. The number of rotatable bonds is 6. The Bertz CT molecular complexity index is 520. The average molecular weight is 253 g/mol. The molecule has 1 fully saturated rings. The summed E-state index contributed by atoms with van der Waals surface area (Å²) in [7, 11) is 0. The van der Waals surface area contributed by atoms with E-state index in [0.29, 0.717) is 0 Å². The van der Waals surface area contributed by atoms with Crippen LogP contribution in [-0.4, -0.2) is 6.54 Å². The van der Waals surface area contributed by atoms with Crippen molar-refractivity contribution in [3.63, 3.8) is 0 Å². The summed E-state index contributed by atoms with van der Waals surface area (Å²) in [4.78, 5) is 0. The van der Waals surface area contributed by atoms with Crippen LogP contribution in [0.1, 0.15) is 18.4 Å². The van der Waals surface area contributed by atoms with E-state index in [-0.39, 0.29) is 0 Å². The van der Waals surface area contributed by atoms with Crippen LogP contribution < -0.4 is 10.1 Å².